The topological polar surface area (TPSA) is 71.4 Å². The van der Waals surface area contributed by atoms with Gasteiger partial charge in [0.05, 0.1) is 0 Å². The number of carboxylic acid groups (broad SMARTS) is 1. The van der Waals surface area contributed by atoms with Crippen LogP contribution in [0.4, 0.5) is 0 Å². The Labute approximate surface area is 52.5 Å². The van der Waals surface area contributed by atoms with E-state index in [2.05, 4.69) is 0 Å². The number of hydrogen-bond acceptors (Lipinski definition) is 3. The van der Waals surface area contributed by atoms with Crippen LogP contribution >= 0.6 is 0 Å². The third-order valence-electron chi connectivity index (χ3n) is 0.101. The minimum Gasteiger partial charge on any atom is -0.476 e. The molecule has 0 aliphatic heterocycles. The van der Waals surface area contributed by atoms with Crippen molar-refractivity contribution in [2.75, 3.05) is 0 Å². The Morgan fingerprint density at radius 2 is 1.44 bits per heavy atom. The number of ketones is 1. The standard InChI is InChI=1S/C3H6O.C2H2O3/c1-3(2)4;3-1-2(4)5/h1-2H3;1H,(H,4,5). The molecule has 1 N–H and O–H groups in total. The molecule has 0 aromatic heterocycles. The van der Waals surface area contributed by atoms with Crippen molar-refractivity contribution in [1.82, 2.24) is 0 Å². The van der Waals surface area contributed by atoms with Gasteiger partial charge in [-0.25, -0.2) is 4.79 Å². The highest BCUT2D eigenvalue weighted by Gasteiger charge is 1.80. The van der Waals surface area contributed by atoms with E-state index in [0.29, 0.717) is 0 Å². The zero-order valence-electron chi connectivity index (χ0n) is 5.25. The van der Waals surface area contributed by atoms with Crippen LogP contribution in [0.3, 0.4) is 0 Å². The van der Waals surface area contributed by atoms with Crippen molar-refractivity contribution in [3.8, 4) is 0 Å². The highest BCUT2D eigenvalue weighted by atomic mass is 16.4. The molecule has 0 atom stereocenters. The van der Waals surface area contributed by atoms with Gasteiger partial charge in [0.1, 0.15) is 5.78 Å². The van der Waals surface area contributed by atoms with E-state index in [1.165, 1.54) is 13.8 Å². The predicted molar refractivity (Wildman–Crippen MR) is 30.1 cm³/mol. The van der Waals surface area contributed by atoms with E-state index >= 15 is 0 Å². The highest BCUT2D eigenvalue weighted by molar-refractivity contribution is 6.19. The van der Waals surface area contributed by atoms with Crippen LogP contribution in [0, 0.1) is 0 Å². The van der Waals surface area contributed by atoms with Crippen LogP contribution in [0.5, 0.6) is 0 Å². The van der Waals surface area contributed by atoms with Gasteiger partial charge in [0.25, 0.3) is 0 Å². The summed E-state index contributed by atoms with van der Waals surface area (Å²) in [4.78, 5) is 27.3. The monoisotopic (exact) mass is 132 g/mol. The van der Waals surface area contributed by atoms with Crippen LogP contribution < -0.4 is 0 Å². The maximum Gasteiger partial charge on any atom is 0.368 e. The first kappa shape index (κ1) is 10.7. The van der Waals surface area contributed by atoms with Gasteiger partial charge in [-0.3, -0.25) is 4.79 Å². The molecule has 4 nitrogen and oxygen atoms in total. The summed E-state index contributed by atoms with van der Waals surface area (Å²) in [6.07, 6.45) is -0.167. The molecule has 0 bridgehead atoms. The molecule has 52 valence electrons. The van der Waals surface area contributed by atoms with Gasteiger partial charge < -0.3 is 9.90 Å². The maximum absolute atomic E-state index is 9.44. The molecule has 0 saturated carbocycles. The van der Waals surface area contributed by atoms with E-state index in [0.717, 1.165) is 0 Å². The molecule has 0 aromatic rings. The number of aldehydes is 1. The Morgan fingerprint density at radius 1 is 1.33 bits per heavy atom. The Balaban J connectivity index is 0. The molecule has 0 amide bonds. The molecule has 0 fully saturated rings. The lowest BCUT2D eigenvalue weighted by Gasteiger charge is -1.59. The van der Waals surface area contributed by atoms with Crippen LogP contribution in [0.25, 0.3) is 0 Å². The summed E-state index contributed by atoms with van der Waals surface area (Å²) >= 11 is 0. The summed E-state index contributed by atoms with van der Waals surface area (Å²) in [5.41, 5.74) is 0. The lowest BCUT2D eigenvalue weighted by Crippen LogP contribution is -1.91. The Bertz CT molecular complexity index is 112. The average Bonchev–Trinajstić information content (AvgIpc) is 1.65. The van der Waals surface area contributed by atoms with Crippen LogP contribution in [-0.4, -0.2) is 23.1 Å². The van der Waals surface area contributed by atoms with E-state index in [1.807, 2.05) is 0 Å². The van der Waals surface area contributed by atoms with Crippen LogP contribution in [0.2, 0.25) is 0 Å². The molecular weight excluding hydrogens is 124 g/mol. The second-order valence-corrected chi connectivity index (χ2v) is 1.36. The van der Waals surface area contributed by atoms with Gasteiger partial charge >= 0.3 is 5.97 Å². The Morgan fingerprint density at radius 3 is 1.44 bits per heavy atom. The van der Waals surface area contributed by atoms with Crippen molar-refractivity contribution in [1.29, 1.82) is 0 Å². The quantitative estimate of drug-likeness (QED) is 0.398. The molecule has 0 aliphatic rings. The summed E-state index contributed by atoms with van der Waals surface area (Å²) in [5.74, 6) is -1.26. The lowest BCUT2D eigenvalue weighted by molar-refractivity contribution is -0.143. The molecule has 4 heteroatoms. The Kier molecular flexibility index (Phi) is 8.12. The van der Waals surface area contributed by atoms with E-state index in [1.54, 1.807) is 0 Å². The second kappa shape index (κ2) is 6.81. The number of carbonyl (C=O) groups excluding carboxylic acids is 2. The number of Topliss-reactive ketones (excluding diaryl/α,β-unsaturated/α-hetero) is 1. The van der Waals surface area contributed by atoms with Gasteiger partial charge in [-0.2, -0.15) is 0 Å². The van der Waals surface area contributed by atoms with E-state index in [9.17, 15) is 4.79 Å². The maximum atomic E-state index is 9.44. The van der Waals surface area contributed by atoms with Gasteiger partial charge in [0.15, 0.2) is 0 Å². The van der Waals surface area contributed by atoms with Crippen molar-refractivity contribution in [3.05, 3.63) is 0 Å². The molecular formula is C5H8O4. The van der Waals surface area contributed by atoms with Crippen molar-refractivity contribution < 1.29 is 19.5 Å². The molecule has 0 heterocycles. The third-order valence-corrected chi connectivity index (χ3v) is 0.101. The summed E-state index contributed by atoms with van der Waals surface area (Å²) < 4.78 is 0. The summed E-state index contributed by atoms with van der Waals surface area (Å²) in [6, 6.07) is 0. The molecule has 0 aliphatic carbocycles. The van der Waals surface area contributed by atoms with Crippen LogP contribution in [0.15, 0.2) is 0 Å². The van der Waals surface area contributed by atoms with E-state index in [-0.39, 0.29) is 12.1 Å². The molecule has 0 rings (SSSR count). The smallest absolute Gasteiger partial charge is 0.368 e. The zero-order valence-corrected chi connectivity index (χ0v) is 5.25. The number of aliphatic carboxylic acids is 1. The average molecular weight is 132 g/mol. The van der Waals surface area contributed by atoms with Gasteiger partial charge in [0, 0.05) is 0 Å². The number of carbonyl (C=O) groups is 3. The minimum absolute atomic E-state index is 0.167. The zero-order chi connectivity index (χ0) is 7.86. The predicted octanol–water partition coefficient (Wildman–Crippen LogP) is -0.135. The summed E-state index contributed by atoms with van der Waals surface area (Å²) in [5, 5.41) is 7.35. The summed E-state index contributed by atoms with van der Waals surface area (Å²) in [6.45, 7) is 3.06. The number of hydrogen-bond donors (Lipinski definition) is 1. The lowest BCUT2D eigenvalue weighted by atomic mass is 10.6. The SMILES string of the molecule is CC(C)=O.O=CC(=O)O. The van der Waals surface area contributed by atoms with Gasteiger partial charge in [-0.15, -0.1) is 0 Å². The second-order valence-electron chi connectivity index (χ2n) is 1.36. The molecule has 0 spiro atoms. The van der Waals surface area contributed by atoms with Gasteiger partial charge in [-0.05, 0) is 13.8 Å². The highest BCUT2D eigenvalue weighted by Crippen LogP contribution is 1.50. The van der Waals surface area contributed by atoms with E-state index < -0.39 is 5.97 Å². The van der Waals surface area contributed by atoms with Crippen molar-refractivity contribution in [2.24, 2.45) is 0 Å². The fraction of sp³-hybridized carbons (Fsp3) is 0.400. The van der Waals surface area contributed by atoms with Crippen LogP contribution in [-0.2, 0) is 14.4 Å². The number of carboxylic acids is 1. The van der Waals surface area contributed by atoms with Gasteiger partial charge in [-0.1, -0.05) is 0 Å². The largest absolute Gasteiger partial charge is 0.476 e. The number of rotatable bonds is 1. The fourth-order valence-electron chi connectivity index (χ4n) is 0. The molecule has 0 saturated heterocycles. The summed E-state index contributed by atoms with van der Waals surface area (Å²) in [7, 11) is 0. The van der Waals surface area contributed by atoms with Crippen LogP contribution in [0.1, 0.15) is 13.8 Å². The van der Waals surface area contributed by atoms with Crippen molar-refractivity contribution >= 4 is 18.0 Å². The van der Waals surface area contributed by atoms with Crippen molar-refractivity contribution in [2.45, 2.75) is 13.8 Å². The Hall–Kier alpha value is -1.19. The third kappa shape index (κ3) is 240. The first-order valence-corrected chi connectivity index (χ1v) is 2.16. The fourth-order valence-corrected chi connectivity index (χ4v) is 0. The first-order chi connectivity index (χ1) is 4.00. The minimum atomic E-state index is -1.43. The molecule has 0 unspecified atom stereocenters. The normalized spacial score (nSPS) is 6.44. The molecule has 0 radical (unpaired) electrons. The van der Waals surface area contributed by atoms with Crippen molar-refractivity contribution in [3.63, 3.8) is 0 Å². The first-order valence-electron chi connectivity index (χ1n) is 2.16. The molecule has 9 heavy (non-hydrogen) atoms. The van der Waals surface area contributed by atoms with Gasteiger partial charge in [0.2, 0.25) is 6.29 Å². The van der Waals surface area contributed by atoms with E-state index in [4.69, 9.17) is 14.7 Å². The molecule has 0 aromatic carbocycles.